The summed E-state index contributed by atoms with van der Waals surface area (Å²) in [5.41, 5.74) is 2.21. The molecule has 5 heteroatoms. The molecule has 0 N–H and O–H groups in total. The highest BCUT2D eigenvalue weighted by molar-refractivity contribution is 6.43. The van der Waals surface area contributed by atoms with E-state index in [1.165, 1.54) is 0 Å². The predicted octanol–water partition coefficient (Wildman–Crippen LogP) is 4.90. The number of benzene rings is 1. The minimum absolute atomic E-state index is 0.483. The molecule has 112 valence electrons. The Morgan fingerprint density at radius 2 is 2.05 bits per heavy atom. The van der Waals surface area contributed by atoms with Crippen molar-refractivity contribution in [2.45, 2.75) is 19.5 Å². The maximum Gasteiger partial charge on any atom is 0.101 e. The smallest absolute Gasteiger partial charge is 0.101 e. The minimum Gasteiger partial charge on any atom is -0.360 e. The van der Waals surface area contributed by atoms with Crippen molar-refractivity contribution in [1.29, 1.82) is 5.26 Å². The van der Waals surface area contributed by atoms with Crippen LogP contribution >= 0.6 is 23.2 Å². The van der Waals surface area contributed by atoms with Crippen LogP contribution in [0.5, 0.6) is 0 Å². The number of hydrogen-bond acceptors (Lipinski definition) is 2. The van der Waals surface area contributed by atoms with E-state index in [0.717, 1.165) is 37.2 Å². The van der Waals surface area contributed by atoms with Crippen LogP contribution in [0.3, 0.4) is 0 Å². The van der Waals surface area contributed by atoms with E-state index in [4.69, 9.17) is 23.2 Å². The standard InChI is InChI=1S/C17H15Cl2N3/c18-16-6-4-5-14(17(16)19)15-11-22(10-13(15)9-20)12-21-7-2-1-3-8-21/h2,4-7,10-11H,1,3,8,12H2. The number of rotatable bonds is 3. The Labute approximate surface area is 140 Å². The molecule has 0 amide bonds. The van der Waals surface area contributed by atoms with E-state index in [1.54, 1.807) is 6.07 Å². The fourth-order valence-corrected chi connectivity index (χ4v) is 3.05. The average molecular weight is 332 g/mol. The van der Waals surface area contributed by atoms with Crippen molar-refractivity contribution in [1.82, 2.24) is 9.47 Å². The summed E-state index contributed by atoms with van der Waals surface area (Å²) in [7, 11) is 0. The number of allylic oxidation sites excluding steroid dienone is 1. The van der Waals surface area contributed by atoms with Gasteiger partial charge < -0.3 is 9.47 Å². The van der Waals surface area contributed by atoms with Gasteiger partial charge in [0.05, 0.1) is 22.3 Å². The number of nitrogens with zero attached hydrogens (tertiary/aromatic N) is 3. The lowest BCUT2D eigenvalue weighted by atomic mass is 10.1. The molecule has 0 saturated heterocycles. The second-order valence-corrected chi connectivity index (χ2v) is 6.08. The van der Waals surface area contributed by atoms with Gasteiger partial charge in [-0.05, 0) is 25.1 Å². The minimum atomic E-state index is 0.483. The summed E-state index contributed by atoms with van der Waals surface area (Å²) in [5.74, 6) is 0. The number of hydrogen-bond donors (Lipinski definition) is 0. The first-order chi connectivity index (χ1) is 10.7. The van der Waals surface area contributed by atoms with E-state index in [2.05, 4.69) is 23.2 Å². The topological polar surface area (TPSA) is 32.0 Å². The van der Waals surface area contributed by atoms with E-state index >= 15 is 0 Å². The van der Waals surface area contributed by atoms with E-state index in [-0.39, 0.29) is 0 Å². The SMILES string of the molecule is N#Cc1cn(CN2C=CCCC2)cc1-c1cccc(Cl)c1Cl. The number of aromatic nitrogens is 1. The van der Waals surface area contributed by atoms with Crippen LogP contribution < -0.4 is 0 Å². The lowest BCUT2D eigenvalue weighted by molar-refractivity contribution is 0.290. The van der Waals surface area contributed by atoms with Crippen molar-refractivity contribution in [2.24, 2.45) is 0 Å². The van der Waals surface area contributed by atoms with Crippen LogP contribution in [0.15, 0.2) is 42.9 Å². The molecule has 1 aromatic carbocycles. The van der Waals surface area contributed by atoms with E-state index < -0.39 is 0 Å². The van der Waals surface area contributed by atoms with Gasteiger partial charge in [-0.15, -0.1) is 0 Å². The highest BCUT2D eigenvalue weighted by Crippen LogP contribution is 2.35. The fourth-order valence-electron chi connectivity index (χ4n) is 2.64. The van der Waals surface area contributed by atoms with Crippen LogP contribution in [0.4, 0.5) is 0 Å². The zero-order chi connectivity index (χ0) is 15.5. The van der Waals surface area contributed by atoms with Crippen molar-refractivity contribution >= 4 is 23.2 Å². The highest BCUT2D eigenvalue weighted by atomic mass is 35.5. The van der Waals surface area contributed by atoms with Crippen LogP contribution in [0, 0.1) is 11.3 Å². The van der Waals surface area contributed by atoms with Crippen molar-refractivity contribution in [3.63, 3.8) is 0 Å². The molecule has 0 saturated carbocycles. The summed E-state index contributed by atoms with van der Waals surface area (Å²) in [5, 5.41) is 10.4. The third-order valence-electron chi connectivity index (χ3n) is 3.72. The maximum atomic E-state index is 9.39. The molecule has 0 bridgehead atoms. The molecule has 1 aliphatic rings. The average Bonchev–Trinajstić information content (AvgIpc) is 2.93. The van der Waals surface area contributed by atoms with Crippen LogP contribution in [0.25, 0.3) is 11.1 Å². The Balaban J connectivity index is 1.95. The second kappa shape index (κ2) is 6.48. The molecular formula is C17H15Cl2N3. The normalized spacial score (nSPS) is 14.1. The molecule has 1 aliphatic heterocycles. The zero-order valence-electron chi connectivity index (χ0n) is 12.0. The van der Waals surface area contributed by atoms with Crippen molar-refractivity contribution < 1.29 is 0 Å². The third kappa shape index (κ3) is 2.99. The zero-order valence-corrected chi connectivity index (χ0v) is 13.5. The lowest BCUT2D eigenvalue weighted by Gasteiger charge is -2.23. The first-order valence-electron chi connectivity index (χ1n) is 7.14. The molecule has 0 unspecified atom stereocenters. The number of nitriles is 1. The molecule has 0 aliphatic carbocycles. The molecule has 2 aromatic rings. The third-order valence-corrected chi connectivity index (χ3v) is 4.54. The summed E-state index contributed by atoms with van der Waals surface area (Å²) >= 11 is 12.4. The summed E-state index contributed by atoms with van der Waals surface area (Å²) < 4.78 is 2.01. The van der Waals surface area contributed by atoms with E-state index in [0.29, 0.717) is 15.6 Å². The summed E-state index contributed by atoms with van der Waals surface area (Å²) in [6.45, 7) is 1.76. The van der Waals surface area contributed by atoms with Crippen LogP contribution in [-0.2, 0) is 6.67 Å². The molecule has 0 spiro atoms. The van der Waals surface area contributed by atoms with Crippen LogP contribution in [0.1, 0.15) is 18.4 Å². The van der Waals surface area contributed by atoms with Crippen molar-refractivity contribution in [2.75, 3.05) is 6.54 Å². The van der Waals surface area contributed by atoms with Gasteiger partial charge >= 0.3 is 0 Å². The Kier molecular flexibility index (Phi) is 4.42. The van der Waals surface area contributed by atoms with Gasteiger partial charge in [-0.3, -0.25) is 0 Å². The molecule has 0 fully saturated rings. The van der Waals surface area contributed by atoms with Gasteiger partial charge in [0.15, 0.2) is 0 Å². The molecule has 1 aromatic heterocycles. The fraction of sp³-hybridized carbons (Fsp3) is 0.235. The summed E-state index contributed by atoms with van der Waals surface area (Å²) in [4.78, 5) is 2.23. The highest BCUT2D eigenvalue weighted by Gasteiger charge is 2.14. The van der Waals surface area contributed by atoms with Gasteiger partial charge in [-0.2, -0.15) is 5.26 Å². The van der Waals surface area contributed by atoms with Crippen molar-refractivity contribution in [3.8, 4) is 17.2 Å². The molecule has 0 atom stereocenters. The summed E-state index contributed by atoms with van der Waals surface area (Å²) in [6.07, 6.45) is 10.4. The monoisotopic (exact) mass is 331 g/mol. The van der Waals surface area contributed by atoms with E-state index in [9.17, 15) is 5.26 Å². The molecule has 0 radical (unpaired) electrons. The Hall–Kier alpha value is -1.89. The van der Waals surface area contributed by atoms with Gasteiger partial charge in [0.25, 0.3) is 0 Å². The molecule has 3 nitrogen and oxygen atoms in total. The van der Waals surface area contributed by atoms with Crippen LogP contribution in [0.2, 0.25) is 10.0 Å². The first kappa shape index (κ1) is 15.0. The Morgan fingerprint density at radius 3 is 2.77 bits per heavy atom. The molecule has 3 rings (SSSR count). The maximum absolute atomic E-state index is 9.39. The number of halogens is 2. The lowest BCUT2D eigenvalue weighted by Crippen LogP contribution is -2.23. The Morgan fingerprint density at radius 1 is 1.18 bits per heavy atom. The first-order valence-corrected chi connectivity index (χ1v) is 7.89. The second-order valence-electron chi connectivity index (χ2n) is 5.29. The van der Waals surface area contributed by atoms with Gasteiger partial charge in [0.1, 0.15) is 6.07 Å². The predicted molar refractivity (Wildman–Crippen MR) is 89.7 cm³/mol. The van der Waals surface area contributed by atoms with Crippen LogP contribution in [-0.4, -0.2) is 16.0 Å². The molecule has 22 heavy (non-hydrogen) atoms. The quantitative estimate of drug-likeness (QED) is 0.801. The van der Waals surface area contributed by atoms with Gasteiger partial charge in [0, 0.05) is 30.1 Å². The van der Waals surface area contributed by atoms with E-state index in [1.807, 2.05) is 29.1 Å². The van der Waals surface area contributed by atoms with Gasteiger partial charge in [-0.25, -0.2) is 0 Å². The Bertz CT molecular complexity index is 756. The largest absolute Gasteiger partial charge is 0.360 e. The summed E-state index contributed by atoms with van der Waals surface area (Å²) in [6, 6.07) is 7.71. The van der Waals surface area contributed by atoms with Crippen molar-refractivity contribution in [3.05, 3.63) is 58.5 Å². The molecule has 2 heterocycles. The van der Waals surface area contributed by atoms with Gasteiger partial charge in [0.2, 0.25) is 0 Å². The van der Waals surface area contributed by atoms with Gasteiger partial charge in [-0.1, -0.05) is 41.4 Å². The molecular weight excluding hydrogens is 317 g/mol.